The number of carbonyl (C=O) groups excluding carboxylic acids is 1. The summed E-state index contributed by atoms with van der Waals surface area (Å²) in [4.78, 5) is 13.0. The summed E-state index contributed by atoms with van der Waals surface area (Å²) in [7, 11) is -0.400. The zero-order valence-electron chi connectivity index (χ0n) is 17.3. The summed E-state index contributed by atoms with van der Waals surface area (Å²) >= 11 is 0. The number of hydrogen-bond donors (Lipinski definition) is 1. The van der Waals surface area contributed by atoms with Crippen LogP contribution in [0.4, 0.5) is 14.6 Å². The maximum atomic E-state index is 13.7. The molecular formula is C21H25F2N3O4S. The first-order valence-corrected chi connectivity index (χ1v) is 11.5. The summed E-state index contributed by atoms with van der Waals surface area (Å²) < 4.78 is 58.3. The summed E-state index contributed by atoms with van der Waals surface area (Å²) in [5.74, 6) is -0.773. The molecule has 1 heterocycles. The summed E-state index contributed by atoms with van der Waals surface area (Å²) in [5, 5.41) is 6.77. The number of allylic oxidation sites excluding steroid dienone is 1. The summed E-state index contributed by atoms with van der Waals surface area (Å²) in [5.41, 5.74) is 0.648. The molecule has 7 nitrogen and oxygen atoms in total. The van der Waals surface area contributed by atoms with Gasteiger partial charge in [-0.25, -0.2) is 17.2 Å². The number of methoxy groups -OCH3 is 1. The normalized spacial score (nSPS) is 21.9. The lowest BCUT2D eigenvalue weighted by atomic mass is 9.98. The highest BCUT2D eigenvalue weighted by Gasteiger charge is 2.34. The van der Waals surface area contributed by atoms with Crippen LogP contribution in [0.25, 0.3) is 5.57 Å². The van der Waals surface area contributed by atoms with E-state index >= 15 is 0 Å². The molecule has 1 fully saturated rings. The van der Waals surface area contributed by atoms with Crippen LogP contribution in [0.2, 0.25) is 0 Å². The number of nitrogens with one attached hydrogen (secondary N) is 1. The predicted molar refractivity (Wildman–Crippen MR) is 113 cm³/mol. The highest BCUT2D eigenvalue weighted by molar-refractivity contribution is 7.91. The fraction of sp³-hybridized carbons (Fsp3) is 0.429. The third kappa shape index (κ3) is 5.76. The topological polar surface area (TPSA) is 90.3 Å². The molecule has 0 radical (unpaired) electrons. The largest absolute Gasteiger partial charge is 0.384 e. The van der Waals surface area contributed by atoms with Gasteiger partial charge in [0.05, 0.1) is 17.3 Å². The number of hydrogen-bond acceptors (Lipinski definition) is 5. The molecule has 3 rings (SSSR count). The van der Waals surface area contributed by atoms with Gasteiger partial charge in [-0.15, -0.1) is 0 Å². The minimum absolute atomic E-state index is 0.00891. The van der Waals surface area contributed by atoms with Gasteiger partial charge in [0.15, 0.2) is 15.7 Å². The molecule has 1 amide bonds. The van der Waals surface area contributed by atoms with Crippen molar-refractivity contribution >= 4 is 27.1 Å². The van der Waals surface area contributed by atoms with Crippen molar-refractivity contribution in [3.8, 4) is 0 Å². The van der Waals surface area contributed by atoms with E-state index in [0.717, 1.165) is 0 Å². The predicted octanol–water partition coefficient (Wildman–Crippen LogP) is 2.95. The maximum absolute atomic E-state index is 13.7. The van der Waals surface area contributed by atoms with Crippen LogP contribution in [0, 0.1) is 5.92 Å². The van der Waals surface area contributed by atoms with E-state index in [2.05, 4.69) is 10.4 Å². The Bertz CT molecular complexity index is 1040. The van der Waals surface area contributed by atoms with Gasteiger partial charge in [0, 0.05) is 32.0 Å². The first-order valence-electron chi connectivity index (χ1n) is 9.82. The lowest BCUT2D eigenvalue weighted by Crippen LogP contribution is -2.16. The molecule has 1 unspecified atom stereocenters. The monoisotopic (exact) mass is 453 g/mol. The number of nitrogens with zero attached hydrogens (tertiary/aromatic N) is 2. The number of aromatic nitrogens is 2. The Morgan fingerprint density at radius 2 is 1.87 bits per heavy atom. The third-order valence-corrected chi connectivity index (χ3v) is 6.83. The van der Waals surface area contributed by atoms with Gasteiger partial charge in [-0.2, -0.15) is 5.10 Å². The van der Waals surface area contributed by atoms with Crippen LogP contribution in [-0.4, -0.2) is 55.9 Å². The number of carbonyl (C=O) groups is 1. The molecule has 2 aromatic rings. The van der Waals surface area contributed by atoms with Crippen LogP contribution in [-0.2, 0) is 26.4 Å². The second-order valence-corrected chi connectivity index (χ2v) is 9.62. The fourth-order valence-corrected chi connectivity index (χ4v) is 4.64. The molecule has 0 bridgehead atoms. The Morgan fingerprint density at radius 1 is 1.23 bits per heavy atom. The molecule has 31 heavy (non-hydrogen) atoms. The lowest BCUT2D eigenvalue weighted by molar-refractivity contribution is -0.111. The molecule has 168 valence electrons. The van der Waals surface area contributed by atoms with Crippen LogP contribution < -0.4 is 5.32 Å². The molecule has 1 aromatic heterocycles. The zero-order valence-corrected chi connectivity index (χ0v) is 18.1. The minimum Gasteiger partial charge on any atom is -0.384 e. The molecule has 0 aliphatic heterocycles. The summed E-state index contributed by atoms with van der Waals surface area (Å²) in [6, 6.07) is 7.46. The average Bonchev–Trinajstić information content (AvgIpc) is 3.28. The van der Waals surface area contributed by atoms with Gasteiger partial charge >= 0.3 is 0 Å². The van der Waals surface area contributed by atoms with Crippen LogP contribution in [0.5, 0.6) is 0 Å². The van der Waals surface area contributed by atoms with E-state index in [0.29, 0.717) is 11.4 Å². The van der Waals surface area contributed by atoms with Gasteiger partial charge in [-0.05, 0) is 36.5 Å². The highest BCUT2D eigenvalue weighted by Crippen LogP contribution is 2.34. The Labute approximate surface area is 180 Å². The van der Waals surface area contributed by atoms with Gasteiger partial charge in [0.2, 0.25) is 0 Å². The van der Waals surface area contributed by atoms with Crippen molar-refractivity contribution in [2.45, 2.75) is 30.1 Å². The van der Waals surface area contributed by atoms with E-state index in [4.69, 9.17) is 4.74 Å². The molecular weight excluding hydrogens is 428 g/mol. The first-order chi connectivity index (χ1) is 14.7. The van der Waals surface area contributed by atoms with Gasteiger partial charge in [0.1, 0.15) is 12.3 Å². The molecule has 0 saturated heterocycles. The van der Waals surface area contributed by atoms with Gasteiger partial charge in [-0.1, -0.05) is 18.2 Å². The van der Waals surface area contributed by atoms with Crippen molar-refractivity contribution in [2.75, 3.05) is 24.8 Å². The number of benzene rings is 1. The number of rotatable bonds is 8. The number of halogens is 2. The number of amides is 1. The molecule has 1 saturated carbocycles. The molecule has 1 aromatic carbocycles. The molecule has 3 atom stereocenters. The standard InChI is InChI=1S/C21H25F2N3O4S/c1-26-8-7-20(25-26)24-21(27)17(11-14-12-18(22)19(23)13-14)15-3-5-16(6-4-15)31(28,29)10-9-30-2/h3-8,11,14,18-19H,9-10,12-13H2,1-2H3,(H,24,25,27)/b17-11+/t14?,18-,19+. The Balaban J connectivity index is 1.89. The van der Waals surface area contributed by atoms with E-state index in [1.165, 1.54) is 36.1 Å². The molecule has 10 heteroatoms. The average molecular weight is 454 g/mol. The number of sulfone groups is 1. The second-order valence-electron chi connectivity index (χ2n) is 7.51. The van der Waals surface area contributed by atoms with Crippen molar-refractivity contribution < 1.29 is 26.7 Å². The van der Waals surface area contributed by atoms with Crippen LogP contribution in [0.1, 0.15) is 18.4 Å². The molecule has 0 spiro atoms. The Morgan fingerprint density at radius 3 is 2.42 bits per heavy atom. The number of anilines is 1. The van der Waals surface area contributed by atoms with Gasteiger partial charge < -0.3 is 10.1 Å². The lowest BCUT2D eigenvalue weighted by Gasteiger charge is -2.12. The van der Waals surface area contributed by atoms with E-state index in [1.54, 1.807) is 25.4 Å². The minimum atomic E-state index is -3.52. The number of ether oxygens (including phenoxy) is 1. The van der Waals surface area contributed by atoms with Crippen molar-refractivity contribution in [1.29, 1.82) is 0 Å². The van der Waals surface area contributed by atoms with Gasteiger partial charge in [-0.3, -0.25) is 9.48 Å². The van der Waals surface area contributed by atoms with Crippen molar-refractivity contribution in [2.24, 2.45) is 13.0 Å². The first kappa shape index (κ1) is 23.1. The van der Waals surface area contributed by atoms with E-state index in [1.807, 2.05) is 0 Å². The molecule has 1 aliphatic rings. The van der Waals surface area contributed by atoms with Crippen molar-refractivity contribution in [1.82, 2.24) is 9.78 Å². The van der Waals surface area contributed by atoms with Crippen LogP contribution in [0.15, 0.2) is 47.5 Å². The third-order valence-electron chi connectivity index (χ3n) is 5.13. The fourth-order valence-electron chi connectivity index (χ4n) is 3.46. The molecule has 1 N–H and O–H groups in total. The van der Waals surface area contributed by atoms with Crippen molar-refractivity contribution in [3.63, 3.8) is 0 Å². The maximum Gasteiger partial charge on any atom is 0.257 e. The number of aryl methyl sites for hydroxylation is 1. The smallest absolute Gasteiger partial charge is 0.257 e. The summed E-state index contributed by atoms with van der Waals surface area (Å²) in [6.45, 7) is 0.0677. The quantitative estimate of drug-likeness (QED) is 0.621. The van der Waals surface area contributed by atoms with Crippen LogP contribution in [0.3, 0.4) is 0 Å². The van der Waals surface area contributed by atoms with E-state index < -0.39 is 34.0 Å². The van der Waals surface area contributed by atoms with Gasteiger partial charge in [0.25, 0.3) is 5.91 Å². The van der Waals surface area contributed by atoms with Crippen molar-refractivity contribution in [3.05, 3.63) is 48.2 Å². The second kappa shape index (κ2) is 9.69. The summed E-state index contributed by atoms with van der Waals surface area (Å²) in [6.07, 6.45) is 0.0793. The van der Waals surface area contributed by atoms with Crippen LogP contribution >= 0.6 is 0 Å². The SMILES string of the molecule is COCCS(=O)(=O)c1ccc(/C(=C\C2C[C@@H](F)[C@@H](F)C2)C(=O)Nc2ccn(C)n2)cc1. The Hall–Kier alpha value is -2.59. The molecule has 1 aliphatic carbocycles. The number of alkyl halides is 2. The van der Waals surface area contributed by atoms with E-state index in [-0.39, 0.29) is 35.7 Å². The van der Waals surface area contributed by atoms with E-state index in [9.17, 15) is 22.0 Å². The highest BCUT2D eigenvalue weighted by atomic mass is 32.2. The zero-order chi connectivity index (χ0) is 22.6. The Kier molecular flexibility index (Phi) is 7.22.